The summed E-state index contributed by atoms with van der Waals surface area (Å²) < 4.78 is 71.9. The quantitative estimate of drug-likeness (QED) is 0.125. The van der Waals surface area contributed by atoms with Crippen molar-refractivity contribution in [1.82, 2.24) is 4.90 Å². The van der Waals surface area contributed by atoms with Crippen LogP contribution in [0, 0.1) is 0 Å². The maximum absolute atomic E-state index is 14.6. The van der Waals surface area contributed by atoms with Crippen LogP contribution in [-0.2, 0) is 52.7 Å². The molecule has 1 heterocycles. The summed E-state index contributed by atoms with van der Waals surface area (Å²) in [5, 5.41) is 0. The molecule has 50 heavy (non-hydrogen) atoms. The fraction of sp³-hybridized carbons (Fsp3) is 0.158. The SMILES string of the molecule is O=Cc1ccc2c(c1)CN(C(=O)c1c(Cc3ccc(S(=O)(=O)O)cc3)cc(Cc3ccc(S(=O)(=O)O)cc3)cc1OCc1ccccc1)CC2. The molecule has 0 spiro atoms. The van der Waals surface area contributed by atoms with Crippen LogP contribution in [0.1, 0.15) is 59.7 Å². The fourth-order valence-electron chi connectivity index (χ4n) is 6.07. The molecule has 0 atom stereocenters. The number of benzene rings is 5. The van der Waals surface area contributed by atoms with Gasteiger partial charge in [-0.1, -0.05) is 72.8 Å². The number of fused-ring (bicyclic) bond motifs is 1. The lowest BCUT2D eigenvalue weighted by Gasteiger charge is -2.30. The minimum absolute atomic E-state index is 0.168. The number of carbonyl (C=O) groups excluding carboxylic acids is 2. The van der Waals surface area contributed by atoms with Crippen LogP contribution in [0.15, 0.2) is 119 Å². The van der Waals surface area contributed by atoms with Gasteiger partial charge in [-0.05, 0) is 94.6 Å². The molecule has 6 rings (SSSR count). The number of ether oxygens (including phenoxy) is 1. The third-order valence-electron chi connectivity index (χ3n) is 8.61. The zero-order chi connectivity index (χ0) is 35.5. The van der Waals surface area contributed by atoms with E-state index < -0.39 is 20.2 Å². The Morgan fingerprint density at radius 2 is 1.32 bits per heavy atom. The summed E-state index contributed by atoms with van der Waals surface area (Å²) >= 11 is 0. The van der Waals surface area contributed by atoms with Gasteiger partial charge in [0.15, 0.2) is 0 Å². The molecule has 5 aromatic rings. The highest BCUT2D eigenvalue weighted by atomic mass is 32.2. The van der Waals surface area contributed by atoms with Crippen molar-refractivity contribution in [2.45, 2.75) is 42.2 Å². The summed E-state index contributed by atoms with van der Waals surface area (Å²) in [7, 11) is -8.78. The molecule has 256 valence electrons. The Morgan fingerprint density at radius 1 is 0.700 bits per heavy atom. The van der Waals surface area contributed by atoms with Crippen LogP contribution >= 0.6 is 0 Å². The van der Waals surface area contributed by atoms with Crippen molar-refractivity contribution >= 4 is 32.4 Å². The second kappa shape index (κ2) is 14.4. The van der Waals surface area contributed by atoms with E-state index in [1.807, 2.05) is 42.5 Å². The first-order valence-corrected chi connectivity index (χ1v) is 18.6. The maximum atomic E-state index is 14.6. The zero-order valence-corrected chi connectivity index (χ0v) is 28.4. The van der Waals surface area contributed by atoms with E-state index in [0.29, 0.717) is 53.9 Å². The van der Waals surface area contributed by atoms with Gasteiger partial charge >= 0.3 is 0 Å². The van der Waals surface area contributed by atoms with Gasteiger partial charge in [-0.3, -0.25) is 18.7 Å². The van der Waals surface area contributed by atoms with E-state index in [1.165, 1.54) is 24.3 Å². The zero-order valence-electron chi connectivity index (χ0n) is 26.7. The van der Waals surface area contributed by atoms with Crippen LogP contribution in [0.25, 0.3) is 0 Å². The minimum Gasteiger partial charge on any atom is -0.488 e. The van der Waals surface area contributed by atoms with Crippen molar-refractivity contribution in [2.75, 3.05) is 6.54 Å². The Balaban J connectivity index is 1.44. The Morgan fingerprint density at radius 3 is 1.92 bits per heavy atom. The predicted octanol–water partition coefficient (Wildman–Crippen LogP) is 5.95. The van der Waals surface area contributed by atoms with Crippen molar-refractivity contribution in [3.8, 4) is 5.75 Å². The summed E-state index contributed by atoms with van der Waals surface area (Å²) in [5.74, 6) is 0.0618. The van der Waals surface area contributed by atoms with Crippen LogP contribution in [0.5, 0.6) is 5.75 Å². The lowest BCUT2D eigenvalue weighted by molar-refractivity contribution is 0.0728. The van der Waals surface area contributed by atoms with Crippen molar-refractivity contribution in [2.24, 2.45) is 0 Å². The highest BCUT2D eigenvalue weighted by Crippen LogP contribution is 2.33. The van der Waals surface area contributed by atoms with Gasteiger partial charge < -0.3 is 9.64 Å². The number of hydrogen-bond donors (Lipinski definition) is 2. The van der Waals surface area contributed by atoms with E-state index in [9.17, 15) is 35.5 Å². The summed E-state index contributed by atoms with van der Waals surface area (Å²) in [5.41, 5.74) is 6.47. The number of rotatable bonds is 11. The second-order valence-electron chi connectivity index (χ2n) is 12.1. The molecule has 1 aliphatic rings. The van der Waals surface area contributed by atoms with Gasteiger partial charge in [0.2, 0.25) is 0 Å². The van der Waals surface area contributed by atoms with Crippen LogP contribution in [0.2, 0.25) is 0 Å². The smallest absolute Gasteiger partial charge is 0.294 e. The molecule has 2 N–H and O–H groups in total. The Bertz CT molecular complexity index is 2270. The van der Waals surface area contributed by atoms with Gasteiger partial charge in [0.1, 0.15) is 18.6 Å². The summed E-state index contributed by atoms with van der Waals surface area (Å²) in [6.45, 7) is 0.898. The highest BCUT2D eigenvalue weighted by molar-refractivity contribution is 7.86. The molecule has 1 amide bonds. The molecule has 5 aromatic carbocycles. The normalized spacial score (nSPS) is 13.0. The van der Waals surface area contributed by atoms with E-state index in [2.05, 4.69) is 0 Å². The van der Waals surface area contributed by atoms with E-state index in [1.54, 1.807) is 47.4 Å². The third-order valence-corrected chi connectivity index (χ3v) is 10.3. The van der Waals surface area contributed by atoms with Gasteiger partial charge in [-0.2, -0.15) is 16.8 Å². The molecule has 10 nitrogen and oxygen atoms in total. The average molecular weight is 712 g/mol. The number of aldehydes is 1. The lowest BCUT2D eigenvalue weighted by Crippen LogP contribution is -2.36. The lowest BCUT2D eigenvalue weighted by atomic mass is 9.92. The minimum atomic E-state index is -4.41. The molecule has 0 bridgehead atoms. The molecule has 0 saturated heterocycles. The number of nitrogens with zero attached hydrogens (tertiary/aromatic N) is 1. The Labute approximate surface area is 290 Å². The maximum Gasteiger partial charge on any atom is 0.294 e. The topological polar surface area (TPSA) is 155 Å². The third kappa shape index (κ3) is 8.17. The molecule has 1 aliphatic heterocycles. The van der Waals surface area contributed by atoms with E-state index in [0.717, 1.165) is 34.1 Å². The van der Waals surface area contributed by atoms with Gasteiger partial charge in [-0.25, -0.2) is 0 Å². The van der Waals surface area contributed by atoms with Crippen LogP contribution in [0.4, 0.5) is 0 Å². The highest BCUT2D eigenvalue weighted by Gasteiger charge is 2.28. The van der Waals surface area contributed by atoms with Crippen LogP contribution in [0.3, 0.4) is 0 Å². The molecule has 0 fully saturated rings. The second-order valence-corrected chi connectivity index (χ2v) is 15.0. The molecule has 0 saturated carbocycles. The summed E-state index contributed by atoms with van der Waals surface area (Å²) in [6.07, 6.45) is 1.92. The first-order valence-electron chi connectivity index (χ1n) is 15.7. The average Bonchev–Trinajstić information content (AvgIpc) is 3.10. The van der Waals surface area contributed by atoms with Gasteiger partial charge in [0, 0.05) is 18.7 Å². The van der Waals surface area contributed by atoms with Gasteiger partial charge in [0.25, 0.3) is 26.1 Å². The predicted molar refractivity (Wildman–Crippen MR) is 186 cm³/mol. The van der Waals surface area contributed by atoms with E-state index in [-0.39, 0.29) is 28.7 Å². The van der Waals surface area contributed by atoms with Crippen molar-refractivity contribution in [3.63, 3.8) is 0 Å². The van der Waals surface area contributed by atoms with E-state index >= 15 is 0 Å². The van der Waals surface area contributed by atoms with Crippen LogP contribution < -0.4 is 4.74 Å². The van der Waals surface area contributed by atoms with Gasteiger partial charge in [-0.15, -0.1) is 0 Å². The van der Waals surface area contributed by atoms with Crippen molar-refractivity contribution in [1.29, 1.82) is 0 Å². The molecular formula is C38H33NO9S2. The molecule has 12 heteroatoms. The number of hydrogen-bond acceptors (Lipinski definition) is 7. The molecule has 0 unspecified atom stereocenters. The van der Waals surface area contributed by atoms with Crippen LogP contribution in [-0.4, -0.2) is 49.6 Å². The first kappa shape index (κ1) is 34.7. The Hall–Kier alpha value is -5.14. The first-order chi connectivity index (χ1) is 23.9. The monoisotopic (exact) mass is 711 g/mol. The van der Waals surface area contributed by atoms with E-state index in [4.69, 9.17) is 4.74 Å². The number of carbonyl (C=O) groups is 2. The fourth-order valence-corrected chi connectivity index (χ4v) is 7.03. The number of amides is 1. The van der Waals surface area contributed by atoms with Crippen molar-refractivity contribution in [3.05, 3.63) is 159 Å². The summed E-state index contributed by atoms with van der Waals surface area (Å²) in [6, 6.07) is 30.2. The van der Waals surface area contributed by atoms with Gasteiger partial charge in [0.05, 0.1) is 15.4 Å². The standard InChI is InChI=1S/C38H33NO9S2/c40-24-29-6-11-31-16-17-39(23-33(31)20-29)38(41)37-32(19-27-9-14-35(15-10-27)50(45,46)47)21-30(18-26-7-12-34(13-8-26)49(42,43)44)22-36(37)48-25-28-4-2-1-3-5-28/h1-15,20-22,24H,16-19,23,25H2,(H,42,43,44)(H,45,46,47). The molecule has 0 aliphatic carbocycles. The summed E-state index contributed by atoms with van der Waals surface area (Å²) in [4.78, 5) is 27.3. The largest absolute Gasteiger partial charge is 0.488 e. The molecular weight excluding hydrogens is 679 g/mol. The molecule has 0 aromatic heterocycles. The molecule has 0 radical (unpaired) electrons. The Kier molecular flexibility index (Phi) is 9.98. The van der Waals surface area contributed by atoms with Crippen molar-refractivity contribution < 1.29 is 40.3 Å².